The number of rotatable bonds is 3. The molecule has 7 heteroatoms. The van der Waals surface area contributed by atoms with E-state index in [1.807, 2.05) is 13.8 Å². The van der Waals surface area contributed by atoms with Crippen molar-refractivity contribution in [1.82, 2.24) is 9.88 Å². The summed E-state index contributed by atoms with van der Waals surface area (Å²) in [6.07, 6.45) is 2.17. The first kappa shape index (κ1) is 14.3. The first-order valence-electron chi connectivity index (χ1n) is 6.65. The molecule has 3 rings (SSSR count). The molecule has 0 bridgehead atoms. The summed E-state index contributed by atoms with van der Waals surface area (Å²) in [7, 11) is 0. The Bertz CT molecular complexity index is 592. The van der Waals surface area contributed by atoms with Crippen LogP contribution in [0.5, 0.6) is 0 Å². The molecule has 1 aromatic heterocycles. The Morgan fingerprint density at radius 1 is 1.52 bits per heavy atom. The van der Waals surface area contributed by atoms with Crippen molar-refractivity contribution in [2.24, 2.45) is 5.92 Å². The normalized spacial score (nSPS) is 31.5. The summed E-state index contributed by atoms with van der Waals surface area (Å²) < 4.78 is -0.574. The molecule has 1 amide bonds. The largest absolute Gasteiger partial charge is 0.480 e. The number of hydrogen-bond donors (Lipinski definition) is 2. The van der Waals surface area contributed by atoms with Crippen molar-refractivity contribution in [2.75, 3.05) is 0 Å². The average Bonchev–Trinajstić information content (AvgIpc) is 2.68. The number of aliphatic carboxylic acids is 1. The van der Waals surface area contributed by atoms with Crippen molar-refractivity contribution >= 4 is 23.6 Å². The Kier molecular flexibility index (Phi) is 3.22. The lowest BCUT2D eigenvalue weighted by Crippen LogP contribution is -2.63. The number of pyridine rings is 1. The number of carboxylic acids is 1. The second-order valence-corrected chi connectivity index (χ2v) is 7.63. The zero-order valence-corrected chi connectivity index (χ0v) is 12.4. The number of aromatic nitrogens is 1. The molecule has 0 unspecified atom stereocenters. The first-order valence-corrected chi connectivity index (χ1v) is 7.53. The summed E-state index contributed by atoms with van der Waals surface area (Å²) in [5, 5.41) is 19.5. The van der Waals surface area contributed by atoms with Crippen molar-refractivity contribution in [1.29, 1.82) is 0 Å². The third-order valence-corrected chi connectivity index (χ3v) is 5.67. The van der Waals surface area contributed by atoms with Crippen LogP contribution < -0.4 is 0 Å². The van der Waals surface area contributed by atoms with E-state index in [9.17, 15) is 19.8 Å². The van der Waals surface area contributed by atoms with Gasteiger partial charge in [-0.15, -0.1) is 11.8 Å². The fraction of sp³-hybridized carbons (Fsp3) is 0.500. The maximum atomic E-state index is 12.3. The van der Waals surface area contributed by atoms with Gasteiger partial charge in [0.15, 0.2) is 0 Å². The lowest BCUT2D eigenvalue weighted by Gasteiger charge is -2.45. The molecule has 0 aromatic carbocycles. The van der Waals surface area contributed by atoms with Gasteiger partial charge in [-0.1, -0.05) is 6.07 Å². The SMILES string of the molecule is CC1(C)S[C@@H]2[C@H]([C@@H](O)c3cccnc3)C(=O)N2[C@H]1C(=O)O. The van der Waals surface area contributed by atoms with Gasteiger partial charge in [0.05, 0.1) is 17.4 Å². The van der Waals surface area contributed by atoms with Crippen molar-refractivity contribution in [3.05, 3.63) is 30.1 Å². The first-order chi connectivity index (χ1) is 9.84. The quantitative estimate of drug-likeness (QED) is 0.806. The van der Waals surface area contributed by atoms with E-state index in [1.165, 1.54) is 22.9 Å². The number of aliphatic hydroxyl groups excluding tert-OH is 1. The van der Waals surface area contributed by atoms with Gasteiger partial charge in [0.2, 0.25) is 5.91 Å². The standard InChI is InChI=1S/C14H16N2O4S/c1-14(2)10(13(19)20)16-11(18)8(12(16)21-14)9(17)7-4-3-5-15-6-7/h3-6,8-10,12,17H,1-2H3,(H,19,20)/t8-,9+,10+,12-/m1/s1. The number of β-lactam (4-membered cyclic amide) rings is 1. The van der Waals surface area contributed by atoms with E-state index >= 15 is 0 Å². The molecule has 112 valence electrons. The van der Waals surface area contributed by atoms with Gasteiger partial charge in [-0.05, 0) is 25.5 Å². The summed E-state index contributed by atoms with van der Waals surface area (Å²) in [5.41, 5.74) is 0.577. The molecule has 0 spiro atoms. The van der Waals surface area contributed by atoms with Crippen molar-refractivity contribution in [2.45, 2.75) is 36.1 Å². The highest BCUT2D eigenvalue weighted by Crippen LogP contribution is 2.55. The fourth-order valence-corrected chi connectivity index (χ4v) is 4.81. The highest BCUT2D eigenvalue weighted by molar-refractivity contribution is 8.01. The molecule has 4 atom stereocenters. The Balaban J connectivity index is 1.87. The third kappa shape index (κ3) is 2.03. The molecule has 2 aliphatic rings. The Hall–Kier alpha value is -1.60. The zero-order valence-electron chi connectivity index (χ0n) is 11.6. The van der Waals surface area contributed by atoms with Crippen LogP contribution in [0.15, 0.2) is 24.5 Å². The molecule has 2 aliphatic heterocycles. The van der Waals surface area contributed by atoms with Gasteiger partial charge in [-0.3, -0.25) is 9.78 Å². The lowest BCUT2D eigenvalue weighted by molar-refractivity contribution is -0.169. The predicted molar refractivity (Wildman–Crippen MR) is 76.4 cm³/mol. The molecule has 1 aromatic rings. The number of nitrogens with zero attached hydrogens (tertiary/aromatic N) is 2. The van der Waals surface area contributed by atoms with E-state index < -0.39 is 28.8 Å². The van der Waals surface area contributed by atoms with Gasteiger partial charge in [-0.2, -0.15) is 0 Å². The highest BCUT2D eigenvalue weighted by Gasteiger charge is 2.65. The number of aliphatic hydroxyl groups is 1. The van der Waals surface area contributed by atoms with Gasteiger partial charge < -0.3 is 15.1 Å². The number of carbonyl (C=O) groups excluding carboxylic acids is 1. The minimum Gasteiger partial charge on any atom is -0.480 e. The van der Waals surface area contributed by atoms with Crippen molar-refractivity contribution < 1.29 is 19.8 Å². The molecule has 0 radical (unpaired) electrons. The number of hydrogen-bond acceptors (Lipinski definition) is 5. The molecule has 21 heavy (non-hydrogen) atoms. The van der Waals surface area contributed by atoms with Crippen LogP contribution in [0, 0.1) is 5.92 Å². The maximum absolute atomic E-state index is 12.3. The molecule has 0 aliphatic carbocycles. The number of carbonyl (C=O) groups is 2. The highest BCUT2D eigenvalue weighted by atomic mass is 32.2. The van der Waals surface area contributed by atoms with Crippen molar-refractivity contribution in [3.8, 4) is 0 Å². The van der Waals surface area contributed by atoms with E-state index in [0.717, 1.165) is 0 Å². The second-order valence-electron chi connectivity index (χ2n) is 5.86. The van der Waals surface area contributed by atoms with Gasteiger partial charge >= 0.3 is 5.97 Å². The Morgan fingerprint density at radius 3 is 2.81 bits per heavy atom. The van der Waals surface area contributed by atoms with Crippen LogP contribution in [0.4, 0.5) is 0 Å². The summed E-state index contributed by atoms with van der Waals surface area (Å²) in [4.78, 5) is 29.1. The van der Waals surface area contributed by atoms with E-state index in [2.05, 4.69) is 4.98 Å². The third-order valence-electron chi connectivity index (χ3n) is 4.08. The van der Waals surface area contributed by atoms with Crippen LogP contribution >= 0.6 is 11.8 Å². The van der Waals surface area contributed by atoms with Gasteiger partial charge in [0.1, 0.15) is 6.04 Å². The van der Waals surface area contributed by atoms with Gasteiger partial charge in [0.25, 0.3) is 0 Å². The minimum absolute atomic E-state index is 0.302. The zero-order chi connectivity index (χ0) is 15.4. The lowest BCUT2D eigenvalue weighted by atomic mass is 9.85. The smallest absolute Gasteiger partial charge is 0.327 e. The summed E-state index contributed by atoms with van der Waals surface area (Å²) in [6, 6.07) is 2.57. The topological polar surface area (TPSA) is 90.7 Å². The average molecular weight is 308 g/mol. The monoisotopic (exact) mass is 308 g/mol. The summed E-state index contributed by atoms with van der Waals surface area (Å²) in [6.45, 7) is 3.63. The van der Waals surface area contributed by atoms with Gasteiger partial charge in [-0.25, -0.2) is 4.79 Å². The van der Waals surface area contributed by atoms with E-state index in [4.69, 9.17) is 0 Å². The van der Waals surface area contributed by atoms with Crippen LogP contribution in [0.25, 0.3) is 0 Å². The Morgan fingerprint density at radius 2 is 2.24 bits per heavy atom. The molecule has 3 heterocycles. The number of amides is 1. The Labute approximate surface area is 126 Å². The minimum atomic E-state index is -1.00. The summed E-state index contributed by atoms with van der Waals surface area (Å²) >= 11 is 1.43. The molecule has 2 saturated heterocycles. The van der Waals surface area contributed by atoms with Crippen LogP contribution in [0.3, 0.4) is 0 Å². The van der Waals surface area contributed by atoms with Crippen molar-refractivity contribution in [3.63, 3.8) is 0 Å². The molecular formula is C14H16N2O4S. The van der Waals surface area contributed by atoms with Crippen LogP contribution in [0.2, 0.25) is 0 Å². The van der Waals surface area contributed by atoms with Crippen LogP contribution in [-0.2, 0) is 9.59 Å². The van der Waals surface area contributed by atoms with E-state index in [-0.39, 0.29) is 11.3 Å². The van der Waals surface area contributed by atoms with Crippen LogP contribution in [0.1, 0.15) is 25.5 Å². The molecule has 2 fully saturated rings. The van der Waals surface area contributed by atoms with E-state index in [1.54, 1.807) is 18.3 Å². The number of thioether (sulfide) groups is 1. The molecule has 6 nitrogen and oxygen atoms in total. The van der Waals surface area contributed by atoms with E-state index in [0.29, 0.717) is 5.56 Å². The predicted octanol–water partition coefficient (Wildman–Crippen LogP) is 0.878. The fourth-order valence-electron chi connectivity index (χ4n) is 3.09. The maximum Gasteiger partial charge on any atom is 0.327 e. The van der Waals surface area contributed by atoms with Crippen LogP contribution in [-0.4, -0.2) is 48.1 Å². The summed E-state index contributed by atoms with van der Waals surface area (Å²) in [5.74, 6) is -1.91. The number of carboxylic acid groups (broad SMARTS) is 1. The second kappa shape index (κ2) is 4.71. The molecular weight excluding hydrogens is 292 g/mol. The van der Waals surface area contributed by atoms with Gasteiger partial charge in [0, 0.05) is 17.1 Å². The molecule has 0 saturated carbocycles. The molecule has 2 N–H and O–H groups in total. The number of fused-ring (bicyclic) bond motifs is 1.